The van der Waals surface area contributed by atoms with Crippen LogP contribution in [0.1, 0.15) is 149 Å². The largest absolute Gasteiger partial charge is 0.472 e. The summed E-state index contributed by atoms with van der Waals surface area (Å²) in [6.07, 6.45) is 38.3. The van der Waals surface area contributed by atoms with Crippen LogP contribution in [0, 0.1) is 0 Å². The molecule has 0 aliphatic rings. The summed E-state index contributed by atoms with van der Waals surface area (Å²) in [5.41, 5.74) is 5.35. The van der Waals surface area contributed by atoms with Crippen LogP contribution in [0.3, 0.4) is 0 Å². The zero-order chi connectivity index (χ0) is 34.0. The van der Waals surface area contributed by atoms with Gasteiger partial charge in [-0.05, 0) is 51.4 Å². The maximum Gasteiger partial charge on any atom is 0.472 e. The number of nitrogens with two attached hydrogens (primary N) is 1. The summed E-state index contributed by atoms with van der Waals surface area (Å²) >= 11 is 0. The van der Waals surface area contributed by atoms with Crippen LogP contribution in [0.5, 0.6) is 0 Å². The molecule has 0 aliphatic carbocycles. The van der Waals surface area contributed by atoms with Gasteiger partial charge in [0.05, 0.1) is 25.4 Å². The number of phosphoric acid groups is 1. The summed E-state index contributed by atoms with van der Waals surface area (Å²) in [4.78, 5) is 22.6. The number of aliphatic hydroxyl groups excluding tert-OH is 1. The molecule has 5 N–H and O–H groups in total. The Morgan fingerprint density at radius 3 is 1.85 bits per heavy atom. The number of carbonyl (C=O) groups excluding carboxylic acids is 1. The van der Waals surface area contributed by atoms with Crippen LogP contribution < -0.4 is 11.1 Å². The van der Waals surface area contributed by atoms with Gasteiger partial charge in [0.25, 0.3) is 0 Å². The van der Waals surface area contributed by atoms with Crippen molar-refractivity contribution in [2.45, 2.75) is 161 Å². The minimum absolute atomic E-state index is 0.0822. The molecule has 0 radical (unpaired) electrons. The van der Waals surface area contributed by atoms with Crippen LogP contribution in [0.2, 0.25) is 0 Å². The molecule has 46 heavy (non-hydrogen) atoms. The second-order valence-electron chi connectivity index (χ2n) is 12.1. The number of carbonyl (C=O) groups is 1. The Morgan fingerprint density at radius 2 is 1.26 bits per heavy atom. The van der Waals surface area contributed by atoms with Crippen molar-refractivity contribution in [1.29, 1.82) is 0 Å². The zero-order valence-electron chi connectivity index (χ0n) is 29.3. The van der Waals surface area contributed by atoms with Gasteiger partial charge in [-0.1, -0.05) is 140 Å². The quantitative estimate of drug-likeness (QED) is 0.0311. The highest BCUT2D eigenvalue weighted by Gasteiger charge is 2.27. The van der Waals surface area contributed by atoms with Crippen LogP contribution in [-0.4, -0.2) is 47.8 Å². The smallest absolute Gasteiger partial charge is 0.391 e. The SMILES string of the molecule is CC/C=C\C/C=C\C/C=C\C/C=C\CCCCCCC(=O)NC(COP(=O)(O)OCCN)C(O)CCCCCCCCCCCC. The zero-order valence-corrected chi connectivity index (χ0v) is 30.2. The monoisotopic (exact) mass is 668 g/mol. The van der Waals surface area contributed by atoms with Gasteiger partial charge in [-0.3, -0.25) is 13.8 Å². The van der Waals surface area contributed by atoms with Gasteiger partial charge in [0.1, 0.15) is 0 Å². The number of allylic oxidation sites excluding steroid dienone is 8. The first-order valence-electron chi connectivity index (χ1n) is 18.3. The van der Waals surface area contributed by atoms with Gasteiger partial charge >= 0.3 is 7.82 Å². The van der Waals surface area contributed by atoms with E-state index < -0.39 is 20.0 Å². The fourth-order valence-corrected chi connectivity index (χ4v) is 5.71. The van der Waals surface area contributed by atoms with E-state index in [-0.39, 0.29) is 25.7 Å². The van der Waals surface area contributed by atoms with E-state index in [1.165, 1.54) is 44.9 Å². The highest BCUT2D eigenvalue weighted by Crippen LogP contribution is 2.43. The predicted molar refractivity (Wildman–Crippen MR) is 194 cm³/mol. The molecule has 0 heterocycles. The Kier molecular flexibility index (Phi) is 32.2. The van der Waals surface area contributed by atoms with Crippen molar-refractivity contribution >= 4 is 13.7 Å². The molecule has 268 valence electrons. The van der Waals surface area contributed by atoms with Crippen molar-refractivity contribution in [2.75, 3.05) is 19.8 Å². The lowest BCUT2D eigenvalue weighted by atomic mass is 10.0. The molecule has 0 aliphatic heterocycles. The maximum atomic E-state index is 12.7. The Labute approximate surface area is 282 Å². The number of rotatable bonds is 33. The minimum Gasteiger partial charge on any atom is -0.391 e. The normalized spacial score (nSPS) is 15.0. The van der Waals surface area contributed by atoms with Gasteiger partial charge in [-0.15, -0.1) is 0 Å². The van der Waals surface area contributed by atoms with E-state index in [2.05, 4.69) is 67.8 Å². The number of nitrogens with one attached hydrogen (secondary N) is 1. The highest BCUT2D eigenvalue weighted by molar-refractivity contribution is 7.47. The molecule has 9 heteroatoms. The summed E-state index contributed by atoms with van der Waals surface area (Å²) in [6.45, 7) is 4.03. The number of hydrogen-bond acceptors (Lipinski definition) is 6. The van der Waals surface area contributed by atoms with E-state index >= 15 is 0 Å². The molecule has 0 rings (SSSR count). The van der Waals surface area contributed by atoms with Crippen molar-refractivity contribution in [1.82, 2.24) is 5.32 Å². The first-order valence-corrected chi connectivity index (χ1v) is 19.7. The molecule has 3 unspecified atom stereocenters. The van der Waals surface area contributed by atoms with Crippen molar-refractivity contribution in [3.8, 4) is 0 Å². The van der Waals surface area contributed by atoms with Crippen LogP contribution in [-0.2, 0) is 18.4 Å². The predicted octanol–water partition coefficient (Wildman–Crippen LogP) is 9.38. The molecule has 1 amide bonds. The summed E-state index contributed by atoms with van der Waals surface area (Å²) in [6, 6.07) is -0.786. The molecule has 0 fully saturated rings. The molecule has 0 aromatic rings. The van der Waals surface area contributed by atoms with Crippen LogP contribution >= 0.6 is 7.82 Å². The average Bonchev–Trinajstić information content (AvgIpc) is 3.04. The van der Waals surface area contributed by atoms with E-state index in [1.54, 1.807) is 0 Å². The van der Waals surface area contributed by atoms with E-state index in [4.69, 9.17) is 14.8 Å². The number of unbranched alkanes of at least 4 members (excludes halogenated alkanes) is 13. The van der Waals surface area contributed by atoms with Crippen molar-refractivity contribution in [2.24, 2.45) is 5.73 Å². The first kappa shape index (κ1) is 44.5. The van der Waals surface area contributed by atoms with E-state index in [0.717, 1.165) is 77.0 Å². The van der Waals surface area contributed by atoms with Crippen molar-refractivity contribution < 1.29 is 28.4 Å². The Balaban J connectivity index is 4.31. The first-order chi connectivity index (χ1) is 22.4. The molecule has 0 saturated carbocycles. The third-order valence-corrected chi connectivity index (χ3v) is 8.68. The third-order valence-electron chi connectivity index (χ3n) is 7.70. The molecule has 0 saturated heterocycles. The Bertz CT molecular complexity index is 861. The van der Waals surface area contributed by atoms with Crippen LogP contribution in [0.15, 0.2) is 48.6 Å². The molecule has 0 bridgehead atoms. The van der Waals surface area contributed by atoms with Gasteiger partial charge in [-0.2, -0.15) is 0 Å². The lowest BCUT2D eigenvalue weighted by Crippen LogP contribution is -2.46. The number of hydrogen-bond donors (Lipinski definition) is 4. The van der Waals surface area contributed by atoms with E-state index in [1.807, 2.05) is 0 Å². The van der Waals surface area contributed by atoms with Gasteiger partial charge in [0, 0.05) is 13.0 Å². The summed E-state index contributed by atoms with van der Waals surface area (Å²) in [5, 5.41) is 13.7. The van der Waals surface area contributed by atoms with Crippen LogP contribution in [0.4, 0.5) is 0 Å². The van der Waals surface area contributed by atoms with Crippen molar-refractivity contribution in [3.63, 3.8) is 0 Å². The van der Waals surface area contributed by atoms with Crippen LogP contribution in [0.25, 0.3) is 0 Å². The van der Waals surface area contributed by atoms with E-state index in [0.29, 0.717) is 12.8 Å². The Hall–Kier alpha value is -1.54. The summed E-state index contributed by atoms with van der Waals surface area (Å²) in [5.74, 6) is -0.190. The van der Waals surface area contributed by atoms with Gasteiger partial charge < -0.3 is 21.1 Å². The molecular weight excluding hydrogens is 599 g/mol. The van der Waals surface area contributed by atoms with Gasteiger partial charge in [0.15, 0.2) is 0 Å². The second kappa shape index (κ2) is 33.4. The standard InChI is InChI=1S/C37H69N2O6P/c1-3-5-7-9-11-13-15-16-17-18-19-20-21-23-25-27-29-31-37(41)39-35(34-45-46(42,43)44-33-32-38)36(40)30-28-26-24-22-14-12-10-8-6-4-2/h5,7,11,13,16-17,19-20,35-36,40H,3-4,6,8-10,12,14-15,18,21-34,38H2,1-2H3,(H,39,41)(H,42,43)/b7-5-,13-11-,17-16-,20-19-. The fourth-order valence-electron chi connectivity index (χ4n) is 4.95. The summed E-state index contributed by atoms with van der Waals surface area (Å²) < 4.78 is 22.0. The molecule has 0 aromatic heterocycles. The maximum absolute atomic E-state index is 12.7. The van der Waals surface area contributed by atoms with E-state index in [9.17, 15) is 19.4 Å². The molecule has 3 atom stereocenters. The van der Waals surface area contributed by atoms with Gasteiger partial charge in [0.2, 0.25) is 5.91 Å². The molecule has 0 aromatic carbocycles. The number of aliphatic hydroxyl groups is 1. The molecule has 8 nitrogen and oxygen atoms in total. The minimum atomic E-state index is -4.31. The number of phosphoric ester groups is 1. The second-order valence-corrected chi connectivity index (χ2v) is 13.5. The Morgan fingerprint density at radius 1 is 0.739 bits per heavy atom. The fraction of sp³-hybridized carbons (Fsp3) is 0.757. The molecular formula is C37H69N2O6P. The average molecular weight is 669 g/mol. The van der Waals surface area contributed by atoms with Gasteiger partial charge in [-0.25, -0.2) is 4.57 Å². The van der Waals surface area contributed by atoms with Crippen molar-refractivity contribution in [3.05, 3.63) is 48.6 Å². The topological polar surface area (TPSA) is 131 Å². The highest BCUT2D eigenvalue weighted by atomic mass is 31.2. The lowest BCUT2D eigenvalue weighted by molar-refractivity contribution is -0.123. The molecule has 0 spiro atoms. The third kappa shape index (κ3) is 31.1. The summed E-state index contributed by atoms with van der Waals surface area (Å²) in [7, 11) is -4.31. The lowest BCUT2D eigenvalue weighted by Gasteiger charge is -2.25. The number of amides is 1.